The summed E-state index contributed by atoms with van der Waals surface area (Å²) >= 11 is 0. The Bertz CT molecular complexity index is 379. The molecule has 0 aromatic carbocycles. The summed E-state index contributed by atoms with van der Waals surface area (Å²) in [5, 5.41) is 9.63. The van der Waals surface area contributed by atoms with Crippen molar-refractivity contribution >= 4 is 0 Å². The fourth-order valence-electron chi connectivity index (χ4n) is 3.93. The molecule has 0 aromatic rings. The maximum atomic E-state index is 9.63. The summed E-state index contributed by atoms with van der Waals surface area (Å²) in [5.41, 5.74) is 2.24. The van der Waals surface area contributed by atoms with E-state index in [1.807, 2.05) is 0 Å². The van der Waals surface area contributed by atoms with E-state index in [1.54, 1.807) is 0 Å². The van der Waals surface area contributed by atoms with Crippen LogP contribution in [0.5, 0.6) is 0 Å². The fraction of sp³-hybridized carbons (Fsp3) is 0.905. The van der Waals surface area contributed by atoms with Gasteiger partial charge in [0, 0.05) is 0 Å². The third-order valence-corrected chi connectivity index (χ3v) is 7.81. The van der Waals surface area contributed by atoms with E-state index in [9.17, 15) is 5.11 Å². The van der Waals surface area contributed by atoms with Crippen LogP contribution in [-0.2, 0) is 0 Å². The highest BCUT2D eigenvalue weighted by Crippen LogP contribution is 2.46. The van der Waals surface area contributed by atoms with Crippen LogP contribution < -0.4 is 0 Å². The Morgan fingerprint density at radius 1 is 0.864 bits per heavy atom. The summed E-state index contributed by atoms with van der Waals surface area (Å²) in [4.78, 5) is 0. The lowest BCUT2D eigenvalue weighted by molar-refractivity contribution is -0.0314. The van der Waals surface area contributed by atoms with Crippen molar-refractivity contribution in [2.24, 2.45) is 34.5 Å². The van der Waals surface area contributed by atoms with E-state index >= 15 is 0 Å². The molecular weight excluding hydrogens is 268 g/mol. The van der Waals surface area contributed by atoms with Crippen molar-refractivity contribution in [1.29, 1.82) is 0 Å². The lowest BCUT2D eigenvalue weighted by atomic mass is 9.62. The molecule has 0 aliphatic heterocycles. The van der Waals surface area contributed by atoms with Crippen LogP contribution in [0.25, 0.3) is 0 Å². The molecule has 0 aromatic heterocycles. The van der Waals surface area contributed by atoms with Gasteiger partial charge in [0.15, 0.2) is 0 Å². The minimum Gasteiger partial charge on any atom is -0.393 e. The van der Waals surface area contributed by atoms with Crippen LogP contribution in [0.3, 0.4) is 0 Å². The molecule has 1 heteroatoms. The SMILES string of the molecule is C=C1CC[C@@H](C)C(C)(C)[C@H]1C.C[C@@H]1CC[C@H](O)[C@H](C)C1(C)C. The Kier molecular flexibility index (Phi) is 6.35. The highest BCUT2D eigenvalue weighted by atomic mass is 16.3. The van der Waals surface area contributed by atoms with Crippen LogP contribution in [0.2, 0.25) is 0 Å². The van der Waals surface area contributed by atoms with Gasteiger partial charge in [0.2, 0.25) is 0 Å². The van der Waals surface area contributed by atoms with E-state index in [-0.39, 0.29) is 6.10 Å². The molecule has 2 rings (SSSR count). The molecule has 0 unspecified atom stereocenters. The molecule has 5 atom stereocenters. The number of aliphatic hydroxyl groups is 1. The van der Waals surface area contributed by atoms with Gasteiger partial charge in [-0.05, 0) is 60.2 Å². The molecule has 2 saturated carbocycles. The average molecular weight is 309 g/mol. The molecule has 0 saturated heterocycles. The molecule has 0 spiro atoms. The van der Waals surface area contributed by atoms with Crippen molar-refractivity contribution < 1.29 is 5.11 Å². The van der Waals surface area contributed by atoms with Crippen LogP contribution in [0.1, 0.15) is 81.1 Å². The molecule has 2 aliphatic carbocycles. The molecule has 2 aliphatic rings. The van der Waals surface area contributed by atoms with E-state index in [4.69, 9.17) is 0 Å². The number of aliphatic hydroxyl groups excluding tert-OH is 1. The van der Waals surface area contributed by atoms with Gasteiger partial charge < -0.3 is 5.11 Å². The summed E-state index contributed by atoms with van der Waals surface area (Å²) in [7, 11) is 0. The summed E-state index contributed by atoms with van der Waals surface area (Å²) in [6, 6.07) is 0. The van der Waals surface area contributed by atoms with Crippen molar-refractivity contribution in [3.05, 3.63) is 12.2 Å². The summed E-state index contributed by atoms with van der Waals surface area (Å²) in [5.74, 6) is 2.75. The van der Waals surface area contributed by atoms with Crippen molar-refractivity contribution in [3.8, 4) is 0 Å². The van der Waals surface area contributed by atoms with Crippen LogP contribution in [-0.4, -0.2) is 11.2 Å². The first-order valence-electron chi connectivity index (χ1n) is 9.28. The van der Waals surface area contributed by atoms with Gasteiger partial charge in [-0.25, -0.2) is 0 Å². The van der Waals surface area contributed by atoms with Gasteiger partial charge in [-0.1, -0.05) is 67.5 Å². The molecule has 1 nitrogen and oxygen atoms in total. The first-order valence-corrected chi connectivity index (χ1v) is 9.28. The molecule has 2 fully saturated rings. The second-order valence-electron chi connectivity index (χ2n) is 9.30. The van der Waals surface area contributed by atoms with Crippen molar-refractivity contribution in [2.45, 2.75) is 87.2 Å². The standard InChI is InChI=1S/C11H20.C10H20O/c1-8-6-7-9(2)11(4,5)10(8)3;1-7-5-6-9(11)8(2)10(7,3)4/h9-10H,1,6-7H2,2-5H3;7-9,11H,5-6H2,1-4H3/t9-,10+;7-,8+,9+/m11/s1. The second-order valence-corrected chi connectivity index (χ2v) is 9.30. The lowest BCUT2D eigenvalue weighted by Crippen LogP contribution is -2.41. The Morgan fingerprint density at radius 3 is 1.82 bits per heavy atom. The Labute approximate surface area is 139 Å². The minimum atomic E-state index is -0.0683. The number of rotatable bonds is 0. The molecular formula is C21H40O. The van der Waals surface area contributed by atoms with Gasteiger partial charge in [-0.3, -0.25) is 0 Å². The van der Waals surface area contributed by atoms with Gasteiger partial charge >= 0.3 is 0 Å². The van der Waals surface area contributed by atoms with E-state index in [0.717, 1.165) is 18.3 Å². The largest absolute Gasteiger partial charge is 0.393 e. The summed E-state index contributed by atoms with van der Waals surface area (Å²) < 4.78 is 0. The van der Waals surface area contributed by atoms with E-state index in [2.05, 4.69) is 62.0 Å². The third-order valence-electron chi connectivity index (χ3n) is 7.81. The smallest absolute Gasteiger partial charge is 0.0571 e. The number of hydrogen-bond donors (Lipinski definition) is 1. The average Bonchev–Trinajstić information content (AvgIpc) is 2.45. The third kappa shape index (κ3) is 3.96. The first-order chi connectivity index (χ1) is 9.92. The van der Waals surface area contributed by atoms with Crippen molar-refractivity contribution in [3.63, 3.8) is 0 Å². The van der Waals surface area contributed by atoms with E-state index < -0.39 is 0 Å². The maximum Gasteiger partial charge on any atom is 0.0571 e. The molecule has 1 N–H and O–H groups in total. The van der Waals surface area contributed by atoms with Gasteiger partial charge in [0.25, 0.3) is 0 Å². The quantitative estimate of drug-likeness (QED) is 0.538. The van der Waals surface area contributed by atoms with Gasteiger partial charge in [-0.2, -0.15) is 0 Å². The first kappa shape index (κ1) is 19.7. The normalized spacial score (nSPS) is 40.6. The summed E-state index contributed by atoms with van der Waals surface area (Å²) in [6.45, 7) is 22.5. The predicted octanol–water partition coefficient (Wildman–Crippen LogP) is 6.07. The molecule has 0 amide bonds. The molecule has 0 radical (unpaired) electrons. The van der Waals surface area contributed by atoms with E-state index in [1.165, 1.54) is 24.8 Å². The van der Waals surface area contributed by atoms with Gasteiger partial charge in [-0.15, -0.1) is 0 Å². The number of hydrogen-bond acceptors (Lipinski definition) is 1. The zero-order valence-corrected chi connectivity index (χ0v) is 16.4. The summed E-state index contributed by atoms with van der Waals surface area (Å²) in [6.07, 6.45) is 4.67. The second kappa shape index (κ2) is 7.07. The highest BCUT2D eigenvalue weighted by molar-refractivity contribution is 5.09. The van der Waals surface area contributed by atoms with Gasteiger partial charge in [0.05, 0.1) is 6.10 Å². The van der Waals surface area contributed by atoms with Gasteiger partial charge in [0.1, 0.15) is 0 Å². The van der Waals surface area contributed by atoms with Crippen LogP contribution in [0, 0.1) is 34.5 Å². The van der Waals surface area contributed by atoms with E-state index in [0.29, 0.717) is 22.7 Å². The minimum absolute atomic E-state index is 0.0683. The lowest BCUT2D eigenvalue weighted by Gasteiger charge is -2.44. The van der Waals surface area contributed by atoms with Crippen LogP contribution in [0.15, 0.2) is 12.2 Å². The van der Waals surface area contributed by atoms with Crippen molar-refractivity contribution in [2.75, 3.05) is 0 Å². The predicted molar refractivity (Wildman–Crippen MR) is 97.8 cm³/mol. The molecule has 0 heterocycles. The van der Waals surface area contributed by atoms with Crippen LogP contribution >= 0.6 is 0 Å². The van der Waals surface area contributed by atoms with Crippen LogP contribution in [0.4, 0.5) is 0 Å². The fourth-order valence-corrected chi connectivity index (χ4v) is 3.93. The highest BCUT2D eigenvalue weighted by Gasteiger charge is 2.39. The maximum absolute atomic E-state index is 9.63. The zero-order chi connectivity index (χ0) is 17.3. The molecule has 0 bridgehead atoms. The monoisotopic (exact) mass is 308 g/mol. The Morgan fingerprint density at radius 2 is 1.36 bits per heavy atom. The Balaban J connectivity index is 0.000000220. The van der Waals surface area contributed by atoms with Crippen molar-refractivity contribution in [1.82, 2.24) is 0 Å². The Hall–Kier alpha value is -0.300. The molecule has 130 valence electrons. The zero-order valence-electron chi connectivity index (χ0n) is 16.4. The molecule has 22 heavy (non-hydrogen) atoms. The number of allylic oxidation sites excluding steroid dienone is 1. The topological polar surface area (TPSA) is 20.2 Å².